The van der Waals surface area contributed by atoms with Crippen LogP contribution in [0.25, 0.3) is 0 Å². The van der Waals surface area contributed by atoms with E-state index in [9.17, 15) is 18.4 Å². The number of carbonyl (C=O) groups is 2. The van der Waals surface area contributed by atoms with Crippen LogP contribution in [-0.4, -0.2) is 43.6 Å². The van der Waals surface area contributed by atoms with Gasteiger partial charge in [0.05, 0.1) is 32.3 Å². The molecule has 0 radical (unpaired) electrons. The van der Waals surface area contributed by atoms with Gasteiger partial charge in [0.2, 0.25) is 5.91 Å². The van der Waals surface area contributed by atoms with Crippen LogP contribution in [0.15, 0.2) is 5.38 Å². The first-order valence-corrected chi connectivity index (χ1v) is 6.56. The molecule has 9 heteroatoms. The summed E-state index contributed by atoms with van der Waals surface area (Å²) in [5.41, 5.74) is 0.492. The summed E-state index contributed by atoms with van der Waals surface area (Å²) in [6.45, 7) is -0.773. The first-order valence-electron chi connectivity index (χ1n) is 5.68. The van der Waals surface area contributed by atoms with E-state index in [4.69, 9.17) is 0 Å². The molecule has 1 rings (SSSR count). The molecule has 0 unspecified atom stereocenters. The van der Waals surface area contributed by atoms with Crippen LogP contribution in [0.3, 0.4) is 0 Å². The van der Waals surface area contributed by atoms with Gasteiger partial charge in [-0.05, 0) is 0 Å². The lowest BCUT2D eigenvalue weighted by Crippen LogP contribution is -2.15. The van der Waals surface area contributed by atoms with E-state index in [0.29, 0.717) is 10.8 Å². The topological polar surface area (TPSA) is 77.5 Å². The summed E-state index contributed by atoms with van der Waals surface area (Å²) in [5, 5.41) is 4.45. The van der Waals surface area contributed by atoms with Crippen molar-refractivity contribution in [1.82, 2.24) is 4.98 Å². The van der Waals surface area contributed by atoms with E-state index in [0.717, 1.165) is 11.3 Å². The van der Waals surface area contributed by atoms with E-state index in [2.05, 4.69) is 19.8 Å². The molecule has 112 valence electrons. The number of nitrogens with one attached hydrogen (secondary N) is 1. The van der Waals surface area contributed by atoms with Crippen molar-refractivity contribution in [3.63, 3.8) is 0 Å². The normalized spacial score (nSPS) is 10.6. The Labute approximate surface area is 118 Å². The summed E-state index contributed by atoms with van der Waals surface area (Å²) in [4.78, 5) is 26.5. The number of anilines is 1. The first kappa shape index (κ1) is 16.4. The van der Waals surface area contributed by atoms with E-state index in [1.807, 2.05) is 0 Å². The van der Waals surface area contributed by atoms with Crippen LogP contribution in [0.4, 0.5) is 13.9 Å². The minimum absolute atomic E-state index is 0.0281. The van der Waals surface area contributed by atoms with Gasteiger partial charge in [-0.1, -0.05) is 0 Å². The van der Waals surface area contributed by atoms with Gasteiger partial charge in [0, 0.05) is 5.38 Å². The van der Waals surface area contributed by atoms with E-state index in [-0.39, 0.29) is 19.4 Å². The van der Waals surface area contributed by atoms with Gasteiger partial charge < -0.3 is 14.8 Å². The Morgan fingerprint density at radius 3 is 2.90 bits per heavy atom. The van der Waals surface area contributed by atoms with E-state index < -0.39 is 24.9 Å². The Hall–Kier alpha value is -1.61. The quantitative estimate of drug-likeness (QED) is 0.581. The lowest BCUT2D eigenvalue weighted by molar-refractivity contribution is -0.139. The Morgan fingerprint density at radius 1 is 1.50 bits per heavy atom. The number of amides is 1. The predicted molar refractivity (Wildman–Crippen MR) is 67.9 cm³/mol. The maximum absolute atomic E-state index is 11.8. The van der Waals surface area contributed by atoms with Crippen LogP contribution >= 0.6 is 11.3 Å². The minimum atomic E-state index is -2.54. The number of hydrogen-bond acceptors (Lipinski definition) is 6. The number of nitrogens with zero attached hydrogens (tertiary/aromatic N) is 1. The second-order valence-corrected chi connectivity index (χ2v) is 4.52. The molecular weight excluding hydrogens is 294 g/mol. The molecule has 0 aliphatic rings. The highest BCUT2D eigenvalue weighted by Gasteiger charge is 2.10. The average Bonchev–Trinajstić information content (AvgIpc) is 2.81. The molecule has 1 aromatic rings. The summed E-state index contributed by atoms with van der Waals surface area (Å²) >= 11 is 1.16. The first-order chi connectivity index (χ1) is 9.51. The summed E-state index contributed by atoms with van der Waals surface area (Å²) < 4.78 is 32.6. The predicted octanol–water partition coefficient (Wildman–Crippen LogP) is 1.47. The minimum Gasteiger partial charge on any atom is -0.469 e. The van der Waals surface area contributed by atoms with Crippen molar-refractivity contribution in [3.8, 4) is 0 Å². The van der Waals surface area contributed by atoms with E-state index in [1.165, 1.54) is 7.11 Å². The molecular formula is C11H14F2N2O4S. The van der Waals surface area contributed by atoms with Gasteiger partial charge in [-0.15, -0.1) is 11.3 Å². The van der Waals surface area contributed by atoms with Crippen LogP contribution in [0.5, 0.6) is 0 Å². The molecule has 20 heavy (non-hydrogen) atoms. The number of ether oxygens (including phenoxy) is 2. The number of alkyl halides is 2. The third-order valence-electron chi connectivity index (χ3n) is 2.07. The highest BCUT2D eigenvalue weighted by Crippen LogP contribution is 2.16. The second kappa shape index (κ2) is 8.54. The second-order valence-electron chi connectivity index (χ2n) is 3.66. The molecule has 1 amide bonds. The smallest absolute Gasteiger partial charge is 0.311 e. The maximum Gasteiger partial charge on any atom is 0.311 e. The van der Waals surface area contributed by atoms with Crippen LogP contribution in [0.2, 0.25) is 0 Å². The highest BCUT2D eigenvalue weighted by atomic mass is 32.1. The van der Waals surface area contributed by atoms with Crippen molar-refractivity contribution >= 4 is 28.3 Å². The van der Waals surface area contributed by atoms with E-state index >= 15 is 0 Å². The van der Waals surface area contributed by atoms with Gasteiger partial charge in [-0.2, -0.15) is 0 Å². The van der Waals surface area contributed by atoms with E-state index in [1.54, 1.807) is 5.38 Å². The van der Waals surface area contributed by atoms with Crippen LogP contribution in [-0.2, 0) is 25.5 Å². The third kappa shape index (κ3) is 6.53. The molecule has 6 nitrogen and oxygen atoms in total. The monoisotopic (exact) mass is 308 g/mol. The average molecular weight is 308 g/mol. The fourth-order valence-corrected chi connectivity index (χ4v) is 1.91. The zero-order chi connectivity index (χ0) is 15.0. The van der Waals surface area contributed by atoms with Crippen molar-refractivity contribution in [2.75, 3.05) is 25.6 Å². The van der Waals surface area contributed by atoms with Crippen LogP contribution in [0, 0.1) is 0 Å². The Balaban J connectivity index is 2.30. The number of thiazole rings is 1. The van der Waals surface area contributed by atoms with Gasteiger partial charge in [-0.25, -0.2) is 13.8 Å². The molecule has 0 bridgehead atoms. The Morgan fingerprint density at radius 2 is 2.25 bits per heavy atom. The van der Waals surface area contributed by atoms with Crippen molar-refractivity contribution in [2.45, 2.75) is 19.3 Å². The zero-order valence-electron chi connectivity index (χ0n) is 10.7. The maximum atomic E-state index is 11.8. The molecule has 1 N–H and O–H groups in total. The number of aromatic nitrogens is 1. The van der Waals surface area contributed by atoms with Gasteiger partial charge in [0.1, 0.15) is 6.61 Å². The molecule has 0 aliphatic heterocycles. The van der Waals surface area contributed by atoms with Gasteiger partial charge in [0.15, 0.2) is 5.13 Å². The molecule has 0 saturated heterocycles. The van der Waals surface area contributed by atoms with Crippen molar-refractivity contribution in [1.29, 1.82) is 0 Å². The molecule has 1 heterocycles. The Bertz CT molecular complexity index is 453. The SMILES string of the molecule is COC(=O)Cc1csc(NC(=O)CCOCC(F)F)n1. The van der Waals surface area contributed by atoms with Crippen LogP contribution < -0.4 is 5.32 Å². The highest BCUT2D eigenvalue weighted by molar-refractivity contribution is 7.13. The number of carbonyl (C=O) groups excluding carboxylic acids is 2. The standard InChI is InChI=1S/C11H14F2N2O4S/c1-18-10(17)4-7-6-20-11(14-7)15-9(16)2-3-19-5-8(12)13/h6,8H,2-5H2,1H3,(H,14,15,16). The van der Waals surface area contributed by atoms with Gasteiger partial charge >= 0.3 is 5.97 Å². The fourth-order valence-electron chi connectivity index (χ4n) is 1.18. The summed E-state index contributed by atoms with van der Waals surface area (Å²) in [7, 11) is 1.27. The number of rotatable bonds is 8. The summed E-state index contributed by atoms with van der Waals surface area (Å²) in [5.74, 6) is -0.813. The molecule has 1 aromatic heterocycles. The lowest BCUT2D eigenvalue weighted by atomic mass is 10.3. The van der Waals surface area contributed by atoms with Crippen LogP contribution in [0.1, 0.15) is 12.1 Å². The summed E-state index contributed by atoms with van der Waals surface area (Å²) in [6.07, 6.45) is -2.56. The van der Waals surface area contributed by atoms with Crippen molar-refractivity contribution in [3.05, 3.63) is 11.1 Å². The molecule has 0 aliphatic carbocycles. The van der Waals surface area contributed by atoms with Crippen molar-refractivity contribution in [2.24, 2.45) is 0 Å². The summed E-state index contributed by atoms with van der Waals surface area (Å²) in [6, 6.07) is 0. The Kier molecular flexibility index (Phi) is 7.02. The number of halogens is 2. The number of hydrogen-bond donors (Lipinski definition) is 1. The number of methoxy groups -OCH3 is 1. The molecule has 0 spiro atoms. The third-order valence-corrected chi connectivity index (χ3v) is 2.88. The number of esters is 1. The zero-order valence-corrected chi connectivity index (χ0v) is 11.5. The molecule has 0 aromatic carbocycles. The van der Waals surface area contributed by atoms with Crippen molar-refractivity contribution < 1.29 is 27.8 Å². The molecule has 0 atom stereocenters. The van der Waals surface area contributed by atoms with Gasteiger partial charge in [-0.3, -0.25) is 9.59 Å². The molecule has 0 saturated carbocycles. The molecule has 0 fully saturated rings. The van der Waals surface area contributed by atoms with Gasteiger partial charge in [0.25, 0.3) is 6.43 Å². The lowest BCUT2D eigenvalue weighted by Gasteiger charge is -2.03. The largest absolute Gasteiger partial charge is 0.469 e. The fraction of sp³-hybridized carbons (Fsp3) is 0.545.